The van der Waals surface area contributed by atoms with E-state index in [0.29, 0.717) is 33.7 Å². The Balaban J connectivity index is 1.98. The topological polar surface area (TPSA) is 88.0 Å². The fourth-order valence-electron chi connectivity index (χ4n) is 2.40. The molecule has 0 amide bonds. The van der Waals surface area contributed by atoms with Crippen LogP contribution in [0.1, 0.15) is 24.7 Å². The van der Waals surface area contributed by atoms with Gasteiger partial charge in [-0.15, -0.1) is 0 Å². The van der Waals surface area contributed by atoms with Crippen LogP contribution in [0.15, 0.2) is 33.8 Å². The van der Waals surface area contributed by atoms with Crippen molar-refractivity contribution in [3.8, 4) is 0 Å². The third kappa shape index (κ3) is 2.94. The first-order valence-electron chi connectivity index (χ1n) is 7.17. The first kappa shape index (κ1) is 15.9. The number of sulfonamides is 1. The second-order valence-corrected chi connectivity index (χ2v) is 7.36. The molecular formula is C15H16ClN3O3S. The molecule has 0 aliphatic heterocycles. The number of nitrogens with zero attached hydrogens (tertiary/aromatic N) is 1. The summed E-state index contributed by atoms with van der Waals surface area (Å²) >= 11 is 5.92. The number of aryl methyl sites for hydroxylation is 1. The number of hydrogen-bond acceptors (Lipinski definition) is 4. The van der Waals surface area contributed by atoms with Crippen molar-refractivity contribution in [2.24, 2.45) is 0 Å². The zero-order valence-electron chi connectivity index (χ0n) is 12.7. The predicted molar refractivity (Wildman–Crippen MR) is 89.4 cm³/mol. The summed E-state index contributed by atoms with van der Waals surface area (Å²) in [4.78, 5) is 3.06. The number of H-pyrrole nitrogens is 1. The van der Waals surface area contributed by atoms with Gasteiger partial charge in [0.1, 0.15) is 10.7 Å². The van der Waals surface area contributed by atoms with E-state index in [9.17, 15) is 8.42 Å². The molecule has 2 heterocycles. The van der Waals surface area contributed by atoms with Gasteiger partial charge in [-0.25, -0.2) is 8.42 Å². The van der Waals surface area contributed by atoms with Crippen LogP contribution in [0.3, 0.4) is 0 Å². The molecule has 122 valence electrons. The van der Waals surface area contributed by atoms with Gasteiger partial charge in [0.2, 0.25) is 0 Å². The maximum absolute atomic E-state index is 12.6. The van der Waals surface area contributed by atoms with Crippen molar-refractivity contribution >= 4 is 38.3 Å². The van der Waals surface area contributed by atoms with Crippen LogP contribution in [0.5, 0.6) is 0 Å². The van der Waals surface area contributed by atoms with Crippen LogP contribution < -0.4 is 4.72 Å². The Bertz CT molecular complexity index is 960. The molecule has 23 heavy (non-hydrogen) atoms. The molecule has 0 aliphatic rings. The summed E-state index contributed by atoms with van der Waals surface area (Å²) in [5.41, 5.74) is 1.36. The van der Waals surface area contributed by atoms with Gasteiger partial charge in [0.25, 0.3) is 10.0 Å². The van der Waals surface area contributed by atoms with Crippen molar-refractivity contribution in [3.05, 3.63) is 40.7 Å². The highest BCUT2D eigenvalue weighted by Crippen LogP contribution is 2.28. The Morgan fingerprint density at radius 2 is 2.17 bits per heavy atom. The number of fused-ring (bicyclic) bond motifs is 1. The molecule has 0 aliphatic carbocycles. The Hall–Kier alpha value is -1.99. The summed E-state index contributed by atoms with van der Waals surface area (Å²) in [6.07, 6.45) is 3.04. The molecule has 0 fully saturated rings. The third-order valence-electron chi connectivity index (χ3n) is 3.62. The first-order valence-corrected chi connectivity index (χ1v) is 9.03. The van der Waals surface area contributed by atoms with Crippen LogP contribution in [-0.4, -0.2) is 18.6 Å². The first-order chi connectivity index (χ1) is 10.9. The van der Waals surface area contributed by atoms with E-state index in [-0.39, 0.29) is 10.7 Å². The Kier molecular flexibility index (Phi) is 4.08. The fourth-order valence-corrected chi connectivity index (χ4v) is 3.81. The summed E-state index contributed by atoms with van der Waals surface area (Å²) in [6.45, 7) is 3.80. The lowest BCUT2D eigenvalue weighted by Crippen LogP contribution is -2.13. The van der Waals surface area contributed by atoms with Crippen molar-refractivity contribution in [1.82, 2.24) is 10.1 Å². The third-order valence-corrected chi connectivity index (χ3v) is 5.24. The summed E-state index contributed by atoms with van der Waals surface area (Å²) in [5.74, 6) is 0.910. The number of rotatable bonds is 5. The van der Waals surface area contributed by atoms with Gasteiger partial charge in [-0.2, -0.15) is 0 Å². The minimum absolute atomic E-state index is 0.142. The number of halogens is 1. The number of nitrogens with one attached hydrogen (secondary N) is 2. The molecule has 2 N–H and O–H groups in total. The Labute approximate surface area is 138 Å². The van der Waals surface area contributed by atoms with E-state index in [1.54, 1.807) is 25.1 Å². The molecule has 0 unspecified atom stereocenters. The zero-order chi connectivity index (χ0) is 16.6. The standard InChI is InChI=1S/C15H16ClN3O3S/c1-3-4-13-9(2)15(18-22-13)19-23(20,21)14-8-17-12-7-10(16)5-6-11(12)14/h5-8,17H,3-4H2,1-2H3,(H,18,19). The van der Waals surface area contributed by atoms with E-state index in [0.717, 1.165) is 6.42 Å². The summed E-state index contributed by atoms with van der Waals surface area (Å²) in [5, 5.41) is 4.93. The summed E-state index contributed by atoms with van der Waals surface area (Å²) < 4.78 is 33.0. The molecule has 0 saturated heterocycles. The lowest BCUT2D eigenvalue weighted by Gasteiger charge is -2.05. The van der Waals surface area contributed by atoms with Gasteiger partial charge < -0.3 is 9.51 Å². The van der Waals surface area contributed by atoms with Gasteiger partial charge in [0.05, 0.1) is 0 Å². The van der Waals surface area contributed by atoms with Crippen molar-refractivity contribution in [2.45, 2.75) is 31.6 Å². The average molecular weight is 354 g/mol. The lowest BCUT2D eigenvalue weighted by atomic mass is 10.2. The smallest absolute Gasteiger partial charge is 0.265 e. The molecule has 0 atom stereocenters. The van der Waals surface area contributed by atoms with E-state index in [1.807, 2.05) is 6.92 Å². The Morgan fingerprint density at radius 3 is 2.91 bits per heavy atom. The van der Waals surface area contributed by atoms with Gasteiger partial charge >= 0.3 is 0 Å². The second-order valence-electron chi connectivity index (χ2n) is 5.28. The van der Waals surface area contributed by atoms with Crippen LogP contribution >= 0.6 is 11.6 Å². The Morgan fingerprint density at radius 1 is 1.39 bits per heavy atom. The largest absolute Gasteiger partial charge is 0.360 e. The minimum Gasteiger partial charge on any atom is -0.360 e. The van der Waals surface area contributed by atoms with Crippen molar-refractivity contribution < 1.29 is 12.9 Å². The van der Waals surface area contributed by atoms with Crippen molar-refractivity contribution in [3.63, 3.8) is 0 Å². The summed E-state index contributed by atoms with van der Waals surface area (Å²) in [7, 11) is -3.78. The minimum atomic E-state index is -3.78. The van der Waals surface area contributed by atoms with E-state index in [1.165, 1.54) is 6.20 Å². The van der Waals surface area contributed by atoms with Gasteiger partial charge in [-0.05, 0) is 31.5 Å². The number of hydrogen-bond donors (Lipinski definition) is 2. The fraction of sp³-hybridized carbons (Fsp3) is 0.267. The van der Waals surface area contributed by atoms with Crippen LogP contribution in [0.2, 0.25) is 5.02 Å². The van der Waals surface area contributed by atoms with Gasteiger partial charge in [-0.1, -0.05) is 23.7 Å². The predicted octanol–water partition coefficient (Wildman–Crippen LogP) is 3.87. The lowest BCUT2D eigenvalue weighted by molar-refractivity contribution is 0.383. The summed E-state index contributed by atoms with van der Waals surface area (Å²) in [6, 6.07) is 5.00. The maximum Gasteiger partial charge on any atom is 0.265 e. The molecule has 2 aromatic heterocycles. The number of aromatic nitrogens is 2. The molecule has 6 nitrogen and oxygen atoms in total. The molecule has 1 aromatic carbocycles. The number of aromatic amines is 1. The van der Waals surface area contributed by atoms with Crippen LogP contribution in [0, 0.1) is 6.92 Å². The van der Waals surface area contributed by atoms with Crippen LogP contribution in [-0.2, 0) is 16.4 Å². The monoisotopic (exact) mass is 353 g/mol. The van der Waals surface area contributed by atoms with Crippen molar-refractivity contribution in [2.75, 3.05) is 4.72 Å². The molecule has 3 aromatic rings. The zero-order valence-corrected chi connectivity index (χ0v) is 14.3. The highest BCUT2D eigenvalue weighted by atomic mass is 35.5. The van der Waals surface area contributed by atoms with E-state index in [2.05, 4.69) is 14.9 Å². The molecule has 3 rings (SSSR count). The van der Waals surface area contributed by atoms with Crippen LogP contribution in [0.25, 0.3) is 10.9 Å². The average Bonchev–Trinajstić information content (AvgIpc) is 3.05. The second kappa shape index (κ2) is 5.90. The molecular weight excluding hydrogens is 338 g/mol. The van der Waals surface area contributed by atoms with E-state index < -0.39 is 10.0 Å². The maximum atomic E-state index is 12.6. The van der Waals surface area contributed by atoms with Crippen molar-refractivity contribution in [1.29, 1.82) is 0 Å². The molecule has 0 bridgehead atoms. The van der Waals surface area contributed by atoms with Gasteiger partial charge in [0.15, 0.2) is 5.82 Å². The SMILES string of the molecule is CCCc1onc(NS(=O)(=O)c2c[nH]c3cc(Cl)ccc23)c1C. The highest BCUT2D eigenvalue weighted by Gasteiger charge is 2.22. The van der Waals surface area contributed by atoms with E-state index in [4.69, 9.17) is 16.1 Å². The molecule has 0 radical (unpaired) electrons. The molecule has 0 saturated carbocycles. The number of benzene rings is 1. The van der Waals surface area contributed by atoms with Crippen LogP contribution in [0.4, 0.5) is 5.82 Å². The molecule has 8 heteroatoms. The molecule has 0 spiro atoms. The highest BCUT2D eigenvalue weighted by molar-refractivity contribution is 7.93. The normalized spacial score (nSPS) is 12.0. The van der Waals surface area contributed by atoms with Gasteiger partial charge in [0, 0.05) is 34.1 Å². The number of anilines is 1. The quantitative estimate of drug-likeness (QED) is 0.728. The van der Waals surface area contributed by atoms with E-state index >= 15 is 0 Å². The van der Waals surface area contributed by atoms with Gasteiger partial charge in [-0.3, -0.25) is 4.72 Å².